The van der Waals surface area contributed by atoms with Crippen molar-refractivity contribution < 1.29 is 63.2 Å². The van der Waals surface area contributed by atoms with Crippen molar-refractivity contribution in [1.29, 1.82) is 0 Å². The molecule has 0 bridgehead atoms. The lowest BCUT2D eigenvalue weighted by Crippen LogP contribution is -2.61. The fourth-order valence-corrected chi connectivity index (χ4v) is 8.91. The van der Waals surface area contributed by atoms with E-state index in [-0.39, 0.29) is 38.0 Å². The summed E-state index contributed by atoms with van der Waals surface area (Å²) in [5, 5.41) is 50.9. The van der Waals surface area contributed by atoms with Crippen molar-refractivity contribution >= 4 is 11.7 Å². The molecule has 3 aliphatic heterocycles. The Labute approximate surface area is 329 Å². The average molecular weight is 791 g/mol. The summed E-state index contributed by atoms with van der Waals surface area (Å²) in [6, 6.07) is -0.266. The second kappa shape index (κ2) is 19.5. The van der Waals surface area contributed by atoms with Crippen molar-refractivity contribution in [1.82, 2.24) is 4.90 Å². The van der Waals surface area contributed by atoms with Crippen LogP contribution in [0.25, 0.3) is 0 Å². The zero-order valence-corrected chi connectivity index (χ0v) is 36.1. The van der Waals surface area contributed by atoms with Gasteiger partial charge in [-0.25, -0.2) is 0 Å². The van der Waals surface area contributed by atoms with Gasteiger partial charge in [-0.3, -0.25) is 4.79 Å². The van der Waals surface area contributed by atoms with Gasteiger partial charge in [-0.15, -0.1) is 0 Å². The van der Waals surface area contributed by atoms with Crippen LogP contribution >= 0.6 is 0 Å². The molecule has 0 amide bonds. The molecule has 15 nitrogen and oxygen atoms in total. The predicted molar refractivity (Wildman–Crippen MR) is 205 cm³/mol. The number of rotatable bonds is 10. The topological polar surface area (TPSA) is 187 Å². The lowest BCUT2D eigenvalue weighted by Gasteiger charge is -2.50. The Morgan fingerprint density at radius 1 is 0.873 bits per heavy atom. The first-order valence-corrected chi connectivity index (χ1v) is 20.1. The third kappa shape index (κ3) is 10.6. The van der Waals surface area contributed by atoms with Gasteiger partial charge in [-0.2, -0.15) is 0 Å². The Bertz CT molecular complexity index is 1260. The standard InChI is InChI=1S/C40H74N2O13/c1-16-28-40(11,47)33(44)23(5)30(41-50-17-2)21(3)19-39(10,49-15)35(55-37-31(43)27(42(12)13)18-22(4)51-37)24(6)32(25(7)36(46)53-28)54-29-20-38(9,48-14)34(45)26(8)52-29/h21-29,31-35,37,43-45,47H,16-20H2,1-15H3/b41-30+/t21-,22-,23+,24+,25-,26+,27+,28-,29+,31-,32+,33-,34+,35?,37+,38-,39-,40-/m1/s1. The molecule has 15 heteroatoms. The fourth-order valence-electron chi connectivity index (χ4n) is 8.91. The van der Waals surface area contributed by atoms with E-state index in [0.29, 0.717) is 12.1 Å². The number of ether oxygens (including phenoxy) is 7. The molecule has 18 atom stereocenters. The largest absolute Gasteiger partial charge is 0.459 e. The van der Waals surface area contributed by atoms with E-state index in [4.69, 9.17) is 38.0 Å². The highest BCUT2D eigenvalue weighted by Gasteiger charge is 2.54. The van der Waals surface area contributed by atoms with E-state index in [2.05, 4.69) is 5.16 Å². The number of oxime groups is 1. The van der Waals surface area contributed by atoms with Gasteiger partial charge in [-0.05, 0) is 81.8 Å². The van der Waals surface area contributed by atoms with Crippen LogP contribution in [0.3, 0.4) is 0 Å². The lowest BCUT2D eigenvalue weighted by atomic mass is 9.73. The minimum absolute atomic E-state index is 0.143. The minimum Gasteiger partial charge on any atom is -0.459 e. The van der Waals surface area contributed by atoms with Gasteiger partial charge in [0.2, 0.25) is 0 Å². The van der Waals surface area contributed by atoms with Crippen LogP contribution in [0.5, 0.6) is 0 Å². The highest BCUT2D eigenvalue weighted by atomic mass is 16.7. The van der Waals surface area contributed by atoms with Gasteiger partial charge in [0.05, 0.1) is 53.4 Å². The van der Waals surface area contributed by atoms with Crippen LogP contribution in [0.2, 0.25) is 0 Å². The van der Waals surface area contributed by atoms with E-state index in [1.807, 2.05) is 46.7 Å². The summed E-state index contributed by atoms with van der Waals surface area (Å²) in [5.41, 5.74) is -3.60. The molecule has 3 aliphatic rings. The van der Waals surface area contributed by atoms with Crippen molar-refractivity contribution in [2.45, 2.75) is 186 Å². The van der Waals surface area contributed by atoms with Crippen molar-refractivity contribution in [2.75, 3.05) is 34.9 Å². The Kier molecular flexibility index (Phi) is 17.0. The molecular weight excluding hydrogens is 716 g/mol. The summed E-state index contributed by atoms with van der Waals surface area (Å²) in [5.74, 6) is -3.48. The van der Waals surface area contributed by atoms with Crippen LogP contribution in [0.15, 0.2) is 5.16 Å². The number of hydrogen-bond donors (Lipinski definition) is 4. The van der Waals surface area contributed by atoms with Crippen molar-refractivity contribution in [3.63, 3.8) is 0 Å². The van der Waals surface area contributed by atoms with Crippen LogP contribution in [0, 0.1) is 23.7 Å². The second-order valence-corrected chi connectivity index (χ2v) is 17.2. The summed E-state index contributed by atoms with van der Waals surface area (Å²) < 4.78 is 44.5. The average Bonchev–Trinajstić information content (AvgIpc) is 3.13. The van der Waals surface area contributed by atoms with Gasteiger partial charge in [0.1, 0.15) is 30.5 Å². The van der Waals surface area contributed by atoms with E-state index >= 15 is 0 Å². The van der Waals surface area contributed by atoms with Gasteiger partial charge in [0, 0.05) is 44.4 Å². The molecule has 0 aromatic carbocycles. The summed E-state index contributed by atoms with van der Waals surface area (Å²) in [6.45, 7) is 19.9. The van der Waals surface area contributed by atoms with E-state index in [1.54, 1.807) is 48.7 Å². The molecule has 0 aromatic rings. The summed E-state index contributed by atoms with van der Waals surface area (Å²) in [4.78, 5) is 21.9. The molecule has 3 rings (SSSR count). The monoisotopic (exact) mass is 791 g/mol. The highest BCUT2D eigenvalue weighted by molar-refractivity contribution is 5.88. The molecule has 4 N–H and O–H groups in total. The molecule has 3 heterocycles. The van der Waals surface area contributed by atoms with Crippen molar-refractivity contribution in [2.24, 2.45) is 28.8 Å². The predicted octanol–water partition coefficient (Wildman–Crippen LogP) is 3.26. The summed E-state index contributed by atoms with van der Waals surface area (Å²) in [7, 11) is 6.89. The first-order valence-electron chi connectivity index (χ1n) is 20.1. The number of hydrogen-bond acceptors (Lipinski definition) is 15. The number of aliphatic hydroxyl groups excluding tert-OH is 3. The summed E-state index contributed by atoms with van der Waals surface area (Å²) in [6.07, 6.45) is -8.10. The first-order chi connectivity index (χ1) is 25.5. The zero-order valence-electron chi connectivity index (χ0n) is 36.1. The van der Waals surface area contributed by atoms with Gasteiger partial charge in [0.15, 0.2) is 12.6 Å². The first kappa shape index (κ1) is 47.9. The third-order valence-corrected chi connectivity index (χ3v) is 12.6. The molecule has 0 aromatic heterocycles. The van der Waals surface area contributed by atoms with Gasteiger partial charge in [0.25, 0.3) is 0 Å². The van der Waals surface area contributed by atoms with E-state index in [9.17, 15) is 25.2 Å². The Morgan fingerprint density at radius 2 is 1.49 bits per heavy atom. The number of methoxy groups -OCH3 is 2. The number of nitrogens with zero attached hydrogens (tertiary/aromatic N) is 2. The third-order valence-electron chi connectivity index (χ3n) is 12.6. The molecule has 0 aliphatic carbocycles. The Balaban J connectivity index is 2.28. The maximum Gasteiger partial charge on any atom is 0.311 e. The Hall–Kier alpha value is -1.50. The highest BCUT2D eigenvalue weighted by Crippen LogP contribution is 2.42. The van der Waals surface area contributed by atoms with Gasteiger partial charge >= 0.3 is 5.97 Å². The lowest BCUT2D eigenvalue weighted by molar-refractivity contribution is -0.319. The number of esters is 1. The van der Waals surface area contributed by atoms with E-state index < -0.39 is 102 Å². The maximum atomic E-state index is 14.3. The number of cyclic esters (lactones) is 1. The Morgan fingerprint density at radius 3 is 2.04 bits per heavy atom. The van der Waals surface area contributed by atoms with Gasteiger partial charge in [-0.1, -0.05) is 32.9 Å². The van der Waals surface area contributed by atoms with Gasteiger partial charge < -0.3 is 63.3 Å². The number of carbonyl (C=O) groups excluding carboxylic acids is 1. The van der Waals surface area contributed by atoms with Crippen LogP contribution in [0.4, 0.5) is 0 Å². The van der Waals surface area contributed by atoms with E-state index in [1.165, 1.54) is 14.0 Å². The minimum atomic E-state index is -1.88. The molecule has 1 unspecified atom stereocenters. The SMILES string of the molecule is CCO/N=C1\[C@H](C)C[C@@](C)(OC)C(O[C@@H]2O[C@H](C)C[C@H](N(C)C)[C@H]2O)[C@@H](C)[C@H](O[C@H]2C[C@@](C)(OC)[C@@H](O)[C@H](C)O2)[C@@H](C)C(=O)O[C@H](CC)[C@@](C)(O)[C@H](O)[C@H]1C. The van der Waals surface area contributed by atoms with Crippen LogP contribution in [-0.4, -0.2) is 156 Å². The quantitative estimate of drug-likeness (QED) is 0.187. The number of carbonyl (C=O) groups is 1. The molecule has 3 fully saturated rings. The summed E-state index contributed by atoms with van der Waals surface area (Å²) >= 11 is 0. The number of likely N-dealkylation sites (N-methyl/N-ethyl adjacent to an activating group) is 1. The number of aliphatic hydroxyl groups is 4. The molecule has 0 radical (unpaired) electrons. The van der Waals surface area contributed by atoms with E-state index in [0.717, 1.165) is 0 Å². The maximum absolute atomic E-state index is 14.3. The zero-order chi connectivity index (χ0) is 41.8. The second-order valence-electron chi connectivity index (χ2n) is 17.2. The van der Waals surface area contributed by atoms with Crippen molar-refractivity contribution in [3.8, 4) is 0 Å². The van der Waals surface area contributed by atoms with Crippen molar-refractivity contribution in [3.05, 3.63) is 0 Å². The molecular formula is C40H74N2O13. The smallest absolute Gasteiger partial charge is 0.311 e. The molecule has 3 saturated heterocycles. The van der Waals surface area contributed by atoms with Crippen LogP contribution < -0.4 is 0 Å². The molecule has 55 heavy (non-hydrogen) atoms. The van der Waals surface area contributed by atoms with Crippen LogP contribution in [0.1, 0.15) is 102 Å². The van der Waals surface area contributed by atoms with Crippen LogP contribution in [-0.2, 0) is 42.8 Å². The fraction of sp³-hybridized carbons (Fsp3) is 0.950. The molecule has 322 valence electrons. The normalized spacial score (nSPS) is 47.7. The molecule has 0 saturated carbocycles. The molecule has 0 spiro atoms.